The molecule has 0 aliphatic carbocycles. The van der Waals surface area contributed by atoms with Gasteiger partial charge in [0.25, 0.3) is 11.8 Å². The van der Waals surface area contributed by atoms with Gasteiger partial charge in [-0.05, 0) is 68.0 Å². The number of nitrogens with one attached hydrogen (secondary N) is 1. The van der Waals surface area contributed by atoms with E-state index in [9.17, 15) is 9.59 Å². The van der Waals surface area contributed by atoms with Crippen LogP contribution in [-0.2, 0) is 14.3 Å². The molecule has 1 N–H and O–H groups in total. The topological polar surface area (TPSA) is 58.6 Å². The molecule has 2 aromatic carbocycles. The van der Waals surface area contributed by atoms with Gasteiger partial charge >= 0.3 is 0 Å². The Balaban J connectivity index is 1.88. The normalized spacial score (nSPS) is 14.0. The number of benzene rings is 2. The van der Waals surface area contributed by atoms with E-state index in [4.69, 9.17) is 16.3 Å². The van der Waals surface area contributed by atoms with Crippen molar-refractivity contribution >= 4 is 34.7 Å². The van der Waals surface area contributed by atoms with E-state index in [0.717, 1.165) is 35.1 Å². The molecule has 0 radical (unpaired) electrons. The SMILES string of the molecule is CCCCOCCCN1C(=O)C(Nc2ccc(C)c(Cl)c2)=C(c2ccc(C)c(C)c2)C1=O. The maximum Gasteiger partial charge on any atom is 0.278 e. The van der Waals surface area contributed by atoms with Gasteiger partial charge in [0, 0.05) is 30.5 Å². The molecule has 0 spiro atoms. The van der Waals surface area contributed by atoms with E-state index >= 15 is 0 Å². The zero-order chi connectivity index (χ0) is 23.3. The third-order valence-corrected chi connectivity index (χ3v) is 6.12. The second-order valence-corrected chi connectivity index (χ2v) is 8.63. The molecule has 0 unspecified atom stereocenters. The number of unbranched alkanes of at least 4 members (excludes halogenated alkanes) is 1. The third kappa shape index (κ3) is 5.40. The Hall–Kier alpha value is -2.63. The van der Waals surface area contributed by atoms with Crippen LogP contribution in [0, 0.1) is 20.8 Å². The van der Waals surface area contributed by atoms with Crippen LogP contribution >= 0.6 is 11.6 Å². The van der Waals surface area contributed by atoms with Crippen LogP contribution in [0.3, 0.4) is 0 Å². The number of ether oxygens (including phenoxy) is 1. The number of imide groups is 1. The van der Waals surface area contributed by atoms with Crippen LogP contribution in [0.5, 0.6) is 0 Å². The maximum absolute atomic E-state index is 13.3. The quantitative estimate of drug-likeness (QED) is 0.371. The van der Waals surface area contributed by atoms with Crippen molar-refractivity contribution in [3.8, 4) is 0 Å². The summed E-state index contributed by atoms with van der Waals surface area (Å²) in [6, 6.07) is 11.3. The molecule has 0 saturated carbocycles. The number of carbonyl (C=O) groups is 2. The lowest BCUT2D eigenvalue weighted by Gasteiger charge is -2.15. The third-order valence-electron chi connectivity index (χ3n) is 5.72. The van der Waals surface area contributed by atoms with Gasteiger partial charge in [0.2, 0.25) is 0 Å². The molecule has 3 rings (SSSR count). The lowest BCUT2D eigenvalue weighted by atomic mass is 9.99. The van der Waals surface area contributed by atoms with Crippen molar-refractivity contribution in [3.05, 3.63) is 69.4 Å². The van der Waals surface area contributed by atoms with Gasteiger partial charge in [0.15, 0.2) is 0 Å². The summed E-state index contributed by atoms with van der Waals surface area (Å²) in [7, 11) is 0. The largest absolute Gasteiger partial charge is 0.381 e. The number of halogens is 1. The lowest BCUT2D eigenvalue weighted by molar-refractivity contribution is -0.137. The minimum Gasteiger partial charge on any atom is -0.381 e. The van der Waals surface area contributed by atoms with Crippen molar-refractivity contribution in [1.82, 2.24) is 4.90 Å². The Morgan fingerprint density at radius 3 is 2.31 bits per heavy atom. The number of hydrogen-bond donors (Lipinski definition) is 1. The van der Waals surface area contributed by atoms with Crippen molar-refractivity contribution in [2.24, 2.45) is 0 Å². The van der Waals surface area contributed by atoms with Crippen LogP contribution in [0.2, 0.25) is 5.02 Å². The van der Waals surface area contributed by atoms with Crippen LogP contribution in [0.1, 0.15) is 48.4 Å². The second kappa shape index (κ2) is 10.8. The van der Waals surface area contributed by atoms with Gasteiger partial charge in [-0.2, -0.15) is 0 Å². The van der Waals surface area contributed by atoms with Crippen LogP contribution in [0.25, 0.3) is 5.57 Å². The number of nitrogens with zero attached hydrogens (tertiary/aromatic N) is 1. The Kier molecular flexibility index (Phi) is 8.10. The van der Waals surface area contributed by atoms with Crippen molar-refractivity contribution in [2.45, 2.75) is 47.0 Å². The van der Waals surface area contributed by atoms with E-state index in [1.54, 1.807) is 6.07 Å². The first-order valence-corrected chi connectivity index (χ1v) is 11.5. The fourth-order valence-corrected chi connectivity index (χ4v) is 3.73. The van der Waals surface area contributed by atoms with Gasteiger partial charge < -0.3 is 10.1 Å². The van der Waals surface area contributed by atoms with Gasteiger partial charge in [-0.1, -0.05) is 49.2 Å². The molecular formula is C26H31ClN2O3. The molecule has 6 heteroatoms. The first-order chi connectivity index (χ1) is 15.3. The minimum atomic E-state index is -0.325. The summed E-state index contributed by atoms with van der Waals surface area (Å²) >= 11 is 6.27. The van der Waals surface area contributed by atoms with Gasteiger partial charge in [0.1, 0.15) is 5.70 Å². The van der Waals surface area contributed by atoms with E-state index in [2.05, 4.69) is 12.2 Å². The van der Waals surface area contributed by atoms with E-state index in [1.807, 2.05) is 51.1 Å². The van der Waals surface area contributed by atoms with Crippen molar-refractivity contribution in [2.75, 3.05) is 25.1 Å². The lowest BCUT2D eigenvalue weighted by Crippen LogP contribution is -2.34. The Labute approximate surface area is 195 Å². The Morgan fingerprint density at radius 2 is 1.62 bits per heavy atom. The maximum atomic E-state index is 13.3. The molecule has 1 heterocycles. The average Bonchev–Trinajstić information content (AvgIpc) is 2.99. The van der Waals surface area contributed by atoms with E-state index in [-0.39, 0.29) is 17.5 Å². The molecule has 2 aromatic rings. The predicted molar refractivity (Wildman–Crippen MR) is 130 cm³/mol. The molecule has 170 valence electrons. The number of anilines is 1. The van der Waals surface area contributed by atoms with Gasteiger partial charge in [0.05, 0.1) is 5.57 Å². The number of hydrogen-bond acceptors (Lipinski definition) is 4. The van der Waals surface area contributed by atoms with E-state index < -0.39 is 0 Å². The van der Waals surface area contributed by atoms with Crippen LogP contribution < -0.4 is 5.32 Å². The van der Waals surface area contributed by atoms with Gasteiger partial charge in [-0.15, -0.1) is 0 Å². The van der Waals surface area contributed by atoms with Gasteiger partial charge in [-0.3, -0.25) is 14.5 Å². The molecule has 2 amide bonds. The molecule has 5 nitrogen and oxygen atoms in total. The summed E-state index contributed by atoms with van der Waals surface area (Å²) in [6.45, 7) is 9.59. The smallest absolute Gasteiger partial charge is 0.278 e. The Bertz CT molecular complexity index is 1050. The number of carbonyl (C=O) groups excluding carboxylic acids is 2. The average molecular weight is 455 g/mol. The molecule has 0 atom stereocenters. The standard InChI is InChI=1S/C26H31ClN2O3/c1-5-6-13-32-14-7-12-29-25(30)23(20-10-8-17(2)19(4)15-20)24(26(29)31)28-21-11-9-18(3)22(27)16-21/h8-11,15-16,28H,5-7,12-14H2,1-4H3. The highest BCUT2D eigenvalue weighted by Crippen LogP contribution is 2.32. The summed E-state index contributed by atoms with van der Waals surface area (Å²) < 4.78 is 5.60. The summed E-state index contributed by atoms with van der Waals surface area (Å²) in [6.07, 6.45) is 2.68. The monoisotopic (exact) mass is 454 g/mol. The molecule has 1 aliphatic rings. The van der Waals surface area contributed by atoms with Crippen molar-refractivity contribution in [3.63, 3.8) is 0 Å². The number of aryl methyl sites for hydroxylation is 3. The second-order valence-electron chi connectivity index (χ2n) is 8.22. The molecule has 0 aromatic heterocycles. The highest BCUT2D eigenvalue weighted by Gasteiger charge is 2.39. The molecule has 1 aliphatic heterocycles. The van der Waals surface area contributed by atoms with Crippen LogP contribution in [0.15, 0.2) is 42.1 Å². The molecule has 32 heavy (non-hydrogen) atoms. The molecule has 0 fully saturated rings. The minimum absolute atomic E-state index is 0.282. The molecular weight excluding hydrogens is 424 g/mol. The molecule has 0 saturated heterocycles. The highest BCUT2D eigenvalue weighted by molar-refractivity contribution is 6.36. The van der Waals surface area contributed by atoms with Crippen molar-refractivity contribution in [1.29, 1.82) is 0 Å². The number of rotatable bonds is 10. The van der Waals surface area contributed by atoms with E-state index in [1.165, 1.54) is 4.90 Å². The van der Waals surface area contributed by atoms with Crippen molar-refractivity contribution < 1.29 is 14.3 Å². The summed E-state index contributed by atoms with van der Waals surface area (Å²) in [5, 5.41) is 3.77. The summed E-state index contributed by atoms with van der Waals surface area (Å²) in [5.74, 6) is -0.610. The van der Waals surface area contributed by atoms with Gasteiger partial charge in [-0.25, -0.2) is 0 Å². The molecule has 0 bridgehead atoms. The number of amides is 2. The zero-order valence-corrected chi connectivity index (χ0v) is 20.0. The predicted octanol–water partition coefficient (Wildman–Crippen LogP) is 5.66. The highest BCUT2D eigenvalue weighted by atomic mass is 35.5. The van der Waals surface area contributed by atoms with E-state index in [0.29, 0.717) is 42.5 Å². The summed E-state index contributed by atoms with van der Waals surface area (Å²) in [4.78, 5) is 27.9. The fraction of sp³-hybridized carbons (Fsp3) is 0.385. The first-order valence-electron chi connectivity index (χ1n) is 11.1. The first kappa shape index (κ1) is 24.0. The zero-order valence-electron chi connectivity index (χ0n) is 19.3. The summed E-state index contributed by atoms with van der Waals surface area (Å²) in [5.41, 5.74) is 5.21. The van der Waals surface area contributed by atoms with Crippen LogP contribution in [-0.4, -0.2) is 36.5 Å². The van der Waals surface area contributed by atoms with Crippen LogP contribution in [0.4, 0.5) is 5.69 Å². The fourth-order valence-electron chi connectivity index (χ4n) is 3.55. The Morgan fingerprint density at radius 1 is 0.906 bits per heavy atom.